The van der Waals surface area contributed by atoms with Crippen LogP contribution in [0.1, 0.15) is 10.4 Å². The Morgan fingerprint density at radius 3 is 2.40 bits per heavy atom. The molecule has 2 aromatic carbocycles. The SMILES string of the molecule is COC(=O)c1ccc(N(C)c2ccc(F)cc2)c(N)c1. The number of esters is 1. The number of nitrogens with two attached hydrogens (primary N) is 1. The van der Waals surface area contributed by atoms with Gasteiger partial charge in [0, 0.05) is 12.7 Å². The standard InChI is InChI=1S/C15H15FN2O2/c1-18(12-6-4-11(16)5-7-12)14-8-3-10(9-13(14)17)15(19)20-2/h3-9H,17H2,1-2H3. The molecule has 2 N–H and O–H groups in total. The number of benzene rings is 2. The summed E-state index contributed by atoms with van der Waals surface area (Å²) in [5.74, 6) is -0.733. The van der Waals surface area contributed by atoms with Gasteiger partial charge in [0.25, 0.3) is 0 Å². The molecular formula is C15H15FN2O2. The molecule has 4 nitrogen and oxygen atoms in total. The highest BCUT2D eigenvalue weighted by Gasteiger charge is 2.11. The molecule has 20 heavy (non-hydrogen) atoms. The maximum atomic E-state index is 12.9. The van der Waals surface area contributed by atoms with E-state index < -0.39 is 5.97 Å². The number of carbonyl (C=O) groups excluding carboxylic acids is 1. The zero-order valence-electron chi connectivity index (χ0n) is 11.3. The number of rotatable bonds is 3. The zero-order chi connectivity index (χ0) is 14.7. The second kappa shape index (κ2) is 5.61. The number of hydrogen-bond donors (Lipinski definition) is 1. The average molecular weight is 274 g/mol. The highest BCUT2D eigenvalue weighted by Crippen LogP contribution is 2.29. The van der Waals surface area contributed by atoms with Crippen molar-refractivity contribution in [3.05, 3.63) is 53.8 Å². The van der Waals surface area contributed by atoms with Crippen LogP contribution in [0.15, 0.2) is 42.5 Å². The Balaban J connectivity index is 2.33. The molecule has 104 valence electrons. The fourth-order valence-corrected chi connectivity index (χ4v) is 1.91. The van der Waals surface area contributed by atoms with Crippen LogP contribution in [0.2, 0.25) is 0 Å². The minimum Gasteiger partial charge on any atom is -0.465 e. The van der Waals surface area contributed by atoms with E-state index in [-0.39, 0.29) is 5.82 Å². The second-order valence-corrected chi connectivity index (χ2v) is 4.30. The summed E-state index contributed by atoms with van der Waals surface area (Å²) >= 11 is 0. The van der Waals surface area contributed by atoms with Crippen molar-refractivity contribution in [2.45, 2.75) is 0 Å². The maximum Gasteiger partial charge on any atom is 0.337 e. The minimum atomic E-state index is -0.437. The molecule has 0 amide bonds. The molecular weight excluding hydrogens is 259 g/mol. The highest BCUT2D eigenvalue weighted by atomic mass is 19.1. The first kappa shape index (κ1) is 13.9. The van der Waals surface area contributed by atoms with Crippen molar-refractivity contribution >= 4 is 23.0 Å². The van der Waals surface area contributed by atoms with Crippen LogP contribution in [0.25, 0.3) is 0 Å². The number of carbonyl (C=O) groups is 1. The van der Waals surface area contributed by atoms with Crippen LogP contribution in [0.4, 0.5) is 21.5 Å². The molecule has 0 fully saturated rings. The van der Waals surface area contributed by atoms with E-state index in [4.69, 9.17) is 5.73 Å². The summed E-state index contributed by atoms with van der Waals surface area (Å²) in [5.41, 5.74) is 8.31. The average Bonchev–Trinajstić information content (AvgIpc) is 2.46. The molecule has 2 rings (SSSR count). The Labute approximate surface area is 116 Å². The lowest BCUT2D eigenvalue weighted by atomic mass is 10.1. The molecule has 0 saturated heterocycles. The van der Waals surface area contributed by atoms with E-state index in [0.717, 1.165) is 11.4 Å². The van der Waals surface area contributed by atoms with Crippen LogP contribution in [-0.4, -0.2) is 20.1 Å². The van der Waals surface area contributed by atoms with Crippen molar-refractivity contribution in [2.24, 2.45) is 0 Å². The van der Waals surface area contributed by atoms with Gasteiger partial charge in [-0.05, 0) is 42.5 Å². The Morgan fingerprint density at radius 2 is 1.85 bits per heavy atom. The van der Waals surface area contributed by atoms with Gasteiger partial charge in [-0.15, -0.1) is 0 Å². The van der Waals surface area contributed by atoms with Crippen LogP contribution < -0.4 is 10.6 Å². The van der Waals surface area contributed by atoms with E-state index in [1.807, 2.05) is 11.9 Å². The first-order valence-electron chi connectivity index (χ1n) is 6.00. The normalized spacial score (nSPS) is 10.2. The lowest BCUT2D eigenvalue weighted by Crippen LogP contribution is -2.12. The molecule has 0 heterocycles. The van der Waals surface area contributed by atoms with Gasteiger partial charge in [-0.3, -0.25) is 0 Å². The van der Waals surface area contributed by atoms with E-state index in [2.05, 4.69) is 4.74 Å². The third-order valence-corrected chi connectivity index (χ3v) is 3.02. The van der Waals surface area contributed by atoms with Gasteiger partial charge in [-0.2, -0.15) is 0 Å². The smallest absolute Gasteiger partial charge is 0.337 e. The minimum absolute atomic E-state index is 0.295. The van der Waals surface area contributed by atoms with Gasteiger partial charge in [0.05, 0.1) is 24.0 Å². The van der Waals surface area contributed by atoms with Gasteiger partial charge in [0.1, 0.15) is 5.82 Å². The number of halogens is 1. The summed E-state index contributed by atoms with van der Waals surface area (Å²) in [7, 11) is 3.13. The van der Waals surface area contributed by atoms with Gasteiger partial charge in [-0.1, -0.05) is 0 Å². The molecule has 0 atom stereocenters. The summed E-state index contributed by atoms with van der Waals surface area (Å²) in [6, 6.07) is 11.0. The monoisotopic (exact) mass is 274 g/mol. The van der Waals surface area contributed by atoms with E-state index in [0.29, 0.717) is 11.3 Å². The summed E-state index contributed by atoms with van der Waals surface area (Å²) in [5, 5.41) is 0. The zero-order valence-corrected chi connectivity index (χ0v) is 11.3. The van der Waals surface area contributed by atoms with Gasteiger partial charge in [0.15, 0.2) is 0 Å². The summed E-state index contributed by atoms with van der Waals surface area (Å²) in [4.78, 5) is 13.2. The Kier molecular flexibility index (Phi) is 3.89. The summed E-state index contributed by atoms with van der Waals surface area (Å²) in [6.45, 7) is 0. The Hall–Kier alpha value is -2.56. The molecule has 0 bridgehead atoms. The van der Waals surface area contributed by atoms with Gasteiger partial charge < -0.3 is 15.4 Å². The number of methoxy groups -OCH3 is 1. The highest BCUT2D eigenvalue weighted by molar-refractivity contribution is 5.92. The van der Waals surface area contributed by atoms with Crippen molar-refractivity contribution in [3.63, 3.8) is 0 Å². The Morgan fingerprint density at radius 1 is 1.20 bits per heavy atom. The van der Waals surface area contributed by atoms with E-state index in [1.165, 1.54) is 19.2 Å². The molecule has 0 saturated carbocycles. The van der Waals surface area contributed by atoms with Crippen LogP contribution >= 0.6 is 0 Å². The van der Waals surface area contributed by atoms with E-state index >= 15 is 0 Å². The number of hydrogen-bond acceptors (Lipinski definition) is 4. The topological polar surface area (TPSA) is 55.6 Å². The lowest BCUT2D eigenvalue weighted by Gasteiger charge is -2.21. The quantitative estimate of drug-likeness (QED) is 0.690. The first-order valence-corrected chi connectivity index (χ1v) is 6.00. The number of nitrogen functional groups attached to an aromatic ring is 1. The maximum absolute atomic E-state index is 12.9. The number of ether oxygens (including phenoxy) is 1. The molecule has 0 aliphatic heterocycles. The fourth-order valence-electron chi connectivity index (χ4n) is 1.91. The van der Waals surface area contributed by atoms with Crippen molar-refractivity contribution in [2.75, 3.05) is 24.8 Å². The number of nitrogens with zero attached hydrogens (tertiary/aromatic N) is 1. The van der Waals surface area contributed by atoms with Crippen LogP contribution in [-0.2, 0) is 4.74 Å². The second-order valence-electron chi connectivity index (χ2n) is 4.30. The Bertz CT molecular complexity index is 626. The molecule has 0 spiro atoms. The molecule has 2 aromatic rings. The summed E-state index contributed by atoms with van der Waals surface area (Å²) < 4.78 is 17.6. The van der Waals surface area contributed by atoms with Gasteiger partial charge in [-0.25, -0.2) is 9.18 Å². The van der Waals surface area contributed by atoms with Crippen LogP contribution in [0.5, 0.6) is 0 Å². The van der Waals surface area contributed by atoms with Crippen LogP contribution in [0, 0.1) is 5.82 Å². The predicted molar refractivity (Wildman–Crippen MR) is 76.7 cm³/mol. The van der Waals surface area contributed by atoms with Crippen LogP contribution in [0.3, 0.4) is 0 Å². The van der Waals surface area contributed by atoms with E-state index in [1.54, 1.807) is 30.3 Å². The molecule has 0 aliphatic carbocycles. The lowest BCUT2D eigenvalue weighted by molar-refractivity contribution is 0.0601. The molecule has 0 aliphatic rings. The predicted octanol–water partition coefficient (Wildman–Crippen LogP) is 2.96. The molecule has 5 heteroatoms. The first-order chi connectivity index (χ1) is 9.52. The third kappa shape index (κ3) is 2.71. The van der Waals surface area contributed by atoms with Crippen molar-refractivity contribution < 1.29 is 13.9 Å². The van der Waals surface area contributed by atoms with Crippen molar-refractivity contribution in [1.29, 1.82) is 0 Å². The molecule has 0 unspecified atom stereocenters. The van der Waals surface area contributed by atoms with Crippen molar-refractivity contribution in [1.82, 2.24) is 0 Å². The number of anilines is 3. The largest absolute Gasteiger partial charge is 0.465 e. The van der Waals surface area contributed by atoms with Gasteiger partial charge in [0.2, 0.25) is 0 Å². The van der Waals surface area contributed by atoms with Crippen molar-refractivity contribution in [3.8, 4) is 0 Å². The molecule has 0 radical (unpaired) electrons. The third-order valence-electron chi connectivity index (χ3n) is 3.02. The summed E-state index contributed by atoms with van der Waals surface area (Å²) in [6.07, 6.45) is 0. The van der Waals surface area contributed by atoms with Gasteiger partial charge >= 0.3 is 5.97 Å². The molecule has 0 aromatic heterocycles. The fraction of sp³-hybridized carbons (Fsp3) is 0.133. The van der Waals surface area contributed by atoms with E-state index in [9.17, 15) is 9.18 Å².